The molecule has 3 N–H and O–H groups in total. The summed E-state index contributed by atoms with van der Waals surface area (Å²) in [7, 11) is 0. The van der Waals surface area contributed by atoms with Crippen molar-refractivity contribution in [3.63, 3.8) is 0 Å². The van der Waals surface area contributed by atoms with Gasteiger partial charge in [0.1, 0.15) is 11.0 Å². The number of aromatic nitrogens is 2. The molecule has 2 aromatic rings. The van der Waals surface area contributed by atoms with Crippen LogP contribution in [0.5, 0.6) is 0 Å². The third-order valence-electron chi connectivity index (χ3n) is 2.83. The largest absolute Gasteiger partial charge is 0.322 e. The fourth-order valence-electron chi connectivity index (χ4n) is 1.72. The average molecular weight is 299 g/mol. The summed E-state index contributed by atoms with van der Waals surface area (Å²) in [6, 6.07) is 2.93. The second kappa shape index (κ2) is 6.27. The van der Waals surface area contributed by atoms with Gasteiger partial charge in [-0.25, -0.2) is 0 Å². The Bertz CT molecular complexity index is 586. The van der Waals surface area contributed by atoms with E-state index in [2.05, 4.69) is 21.0 Å². The molecule has 0 spiro atoms. The fraction of sp³-hybridized carbons (Fsp3) is 0.417. The summed E-state index contributed by atoms with van der Waals surface area (Å²) in [5, 5.41) is 3.20. The van der Waals surface area contributed by atoms with Gasteiger partial charge in [0.15, 0.2) is 0 Å². The number of anilines is 1. The van der Waals surface area contributed by atoms with Gasteiger partial charge in [-0.15, -0.1) is 0 Å². The molecule has 1 atom stereocenters. The number of hydrogen-bond donors (Lipinski definition) is 2. The Morgan fingerprint density at radius 2 is 2.32 bits per heavy atom. The number of unbranched alkanes of at least 4 members (excludes halogenated alkanes) is 1. The highest BCUT2D eigenvalue weighted by atomic mass is 35.5. The molecule has 1 amide bonds. The van der Waals surface area contributed by atoms with Gasteiger partial charge in [0, 0.05) is 0 Å². The van der Waals surface area contributed by atoms with E-state index < -0.39 is 6.04 Å². The van der Waals surface area contributed by atoms with Crippen LogP contribution in [0.2, 0.25) is 5.02 Å². The molecule has 0 aliphatic rings. The molecule has 1 aromatic heterocycles. The van der Waals surface area contributed by atoms with Crippen molar-refractivity contribution in [3.05, 3.63) is 17.2 Å². The van der Waals surface area contributed by atoms with E-state index in [0.717, 1.165) is 24.6 Å². The lowest BCUT2D eigenvalue weighted by molar-refractivity contribution is -0.117. The number of amides is 1. The van der Waals surface area contributed by atoms with E-state index in [1.165, 1.54) is 0 Å². The van der Waals surface area contributed by atoms with Gasteiger partial charge in [0.25, 0.3) is 0 Å². The van der Waals surface area contributed by atoms with Crippen molar-refractivity contribution in [3.8, 4) is 0 Å². The zero-order valence-corrected chi connectivity index (χ0v) is 12.1. The number of nitrogens with zero attached hydrogens (tertiary/aromatic N) is 2. The van der Waals surface area contributed by atoms with Gasteiger partial charge in [0.05, 0.1) is 28.5 Å². The van der Waals surface area contributed by atoms with E-state index in [4.69, 9.17) is 17.3 Å². The van der Waals surface area contributed by atoms with Crippen LogP contribution in [-0.4, -0.2) is 20.7 Å². The molecular weight excluding hydrogens is 284 g/mol. The number of carbonyl (C=O) groups excluding carboxylic acids is 1. The highest BCUT2D eigenvalue weighted by molar-refractivity contribution is 7.00. The van der Waals surface area contributed by atoms with Crippen molar-refractivity contribution in [1.82, 2.24) is 8.75 Å². The van der Waals surface area contributed by atoms with Crippen LogP contribution in [0.25, 0.3) is 11.0 Å². The minimum absolute atomic E-state index is 0.240. The number of rotatable bonds is 5. The van der Waals surface area contributed by atoms with Gasteiger partial charge in [-0.05, 0) is 18.6 Å². The molecule has 5 nitrogen and oxygen atoms in total. The van der Waals surface area contributed by atoms with Crippen molar-refractivity contribution in [1.29, 1.82) is 0 Å². The van der Waals surface area contributed by atoms with Crippen LogP contribution in [0.4, 0.5) is 5.69 Å². The standard InChI is InChI=1S/C12H15ClN4OS/c1-2-3-4-8(14)12(18)15-10-7(13)5-6-9-11(10)17-19-16-9/h5-6,8H,2-4,14H2,1H3,(H,15,18)/t8-/m0/s1. The van der Waals surface area contributed by atoms with Crippen LogP contribution in [0.15, 0.2) is 12.1 Å². The molecule has 0 saturated carbocycles. The Labute approximate surface area is 120 Å². The topological polar surface area (TPSA) is 80.9 Å². The summed E-state index contributed by atoms with van der Waals surface area (Å²) in [6.07, 6.45) is 2.59. The van der Waals surface area contributed by atoms with Crippen LogP contribution in [0.1, 0.15) is 26.2 Å². The fourth-order valence-corrected chi connectivity index (χ4v) is 2.46. The molecule has 0 radical (unpaired) electrons. The lowest BCUT2D eigenvalue weighted by Crippen LogP contribution is -2.35. The summed E-state index contributed by atoms with van der Waals surface area (Å²) < 4.78 is 8.26. The van der Waals surface area contributed by atoms with E-state index in [9.17, 15) is 4.79 Å². The van der Waals surface area contributed by atoms with Gasteiger partial charge in [-0.2, -0.15) is 8.75 Å². The highest BCUT2D eigenvalue weighted by Crippen LogP contribution is 2.30. The molecular formula is C12H15ClN4OS. The predicted octanol–water partition coefficient (Wildman–Crippen LogP) is 2.80. The monoisotopic (exact) mass is 298 g/mol. The zero-order valence-electron chi connectivity index (χ0n) is 10.5. The van der Waals surface area contributed by atoms with Crippen molar-refractivity contribution in [2.75, 3.05) is 5.32 Å². The Balaban J connectivity index is 2.18. The minimum Gasteiger partial charge on any atom is -0.322 e. The first kappa shape index (κ1) is 14.2. The molecule has 1 aromatic carbocycles. The average Bonchev–Trinajstić information content (AvgIpc) is 2.87. The van der Waals surface area contributed by atoms with Gasteiger partial charge in [0.2, 0.25) is 5.91 Å². The Morgan fingerprint density at radius 1 is 1.53 bits per heavy atom. The number of nitrogens with two attached hydrogens (primary N) is 1. The normalized spacial score (nSPS) is 12.6. The lowest BCUT2D eigenvalue weighted by Gasteiger charge is -2.12. The maximum Gasteiger partial charge on any atom is 0.241 e. The second-order valence-corrected chi connectivity index (χ2v) is 5.23. The molecule has 2 rings (SSSR count). The highest BCUT2D eigenvalue weighted by Gasteiger charge is 2.17. The Kier molecular flexibility index (Phi) is 4.68. The van der Waals surface area contributed by atoms with Crippen LogP contribution < -0.4 is 11.1 Å². The molecule has 7 heteroatoms. The summed E-state index contributed by atoms with van der Waals surface area (Å²) in [6.45, 7) is 2.06. The van der Waals surface area contributed by atoms with E-state index >= 15 is 0 Å². The molecule has 0 bridgehead atoms. The minimum atomic E-state index is -0.530. The Hall–Kier alpha value is -1.24. The number of halogens is 1. The first-order chi connectivity index (χ1) is 9.13. The smallest absolute Gasteiger partial charge is 0.241 e. The maximum atomic E-state index is 12.0. The third-order valence-corrected chi connectivity index (χ3v) is 3.69. The molecule has 0 unspecified atom stereocenters. The first-order valence-corrected chi connectivity index (χ1v) is 7.21. The summed E-state index contributed by atoms with van der Waals surface area (Å²) >= 11 is 7.18. The number of hydrogen-bond acceptors (Lipinski definition) is 5. The van der Waals surface area contributed by atoms with E-state index in [0.29, 0.717) is 28.2 Å². The molecule has 0 fully saturated rings. The molecule has 19 heavy (non-hydrogen) atoms. The summed E-state index contributed by atoms with van der Waals surface area (Å²) in [5.41, 5.74) is 7.64. The van der Waals surface area contributed by atoms with E-state index in [1.54, 1.807) is 12.1 Å². The zero-order chi connectivity index (χ0) is 13.8. The third kappa shape index (κ3) is 3.20. The summed E-state index contributed by atoms with van der Waals surface area (Å²) in [4.78, 5) is 12.0. The molecule has 1 heterocycles. The molecule has 0 saturated heterocycles. The molecule has 102 valence electrons. The molecule has 0 aliphatic heterocycles. The van der Waals surface area contributed by atoms with Crippen molar-refractivity contribution in [2.45, 2.75) is 32.2 Å². The SMILES string of the molecule is CCCC[C@H](N)C(=O)Nc1c(Cl)ccc2nsnc12. The lowest BCUT2D eigenvalue weighted by atomic mass is 10.1. The van der Waals surface area contributed by atoms with E-state index in [-0.39, 0.29) is 5.91 Å². The predicted molar refractivity (Wildman–Crippen MR) is 78.6 cm³/mol. The number of benzene rings is 1. The maximum absolute atomic E-state index is 12.0. The second-order valence-electron chi connectivity index (χ2n) is 4.29. The quantitative estimate of drug-likeness (QED) is 0.889. The summed E-state index contributed by atoms with van der Waals surface area (Å²) in [5.74, 6) is -0.240. The number of fused-ring (bicyclic) bond motifs is 1. The van der Waals surface area contributed by atoms with Crippen LogP contribution in [0, 0.1) is 0 Å². The van der Waals surface area contributed by atoms with Crippen LogP contribution in [-0.2, 0) is 4.79 Å². The van der Waals surface area contributed by atoms with Gasteiger partial charge < -0.3 is 11.1 Å². The Morgan fingerprint density at radius 3 is 3.05 bits per heavy atom. The van der Waals surface area contributed by atoms with Crippen LogP contribution in [0.3, 0.4) is 0 Å². The number of nitrogens with one attached hydrogen (secondary N) is 1. The number of carbonyl (C=O) groups is 1. The van der Waals surface area contributed by atoms with Crippen LogP contribution >= 0.6 is 23.3 Å². The van der Waals surface area contributed by atoms with Gasteiger partial charge in [-0.3, -0.25) is 4.79 Å². The molecule has 0 aliphatic carbocycles. The van der Waals surface area contributed by atoms with Gasteiger partial charge in [-0.1, -0.05) is 31.4 Å². The van der Waals surface area contributed by atoms with Crippen molar-refractivity contribution >= 4 is 46.0 Å². The van der Waals surface area contributed by atoms with Gasteiger partial charge >= 0.3 is 0 Å². The van der Waals surface area contributed by atoms with Crippen molar-refractivity contribution in [2.24, 2.45) is 5.73 Å². The van der Waals surface area contributed by atoms with Crippen molar-refractivity contribution < 1.29 is 4.79 Å². The first-order valence-electron chi connectivity index (χ1n) is 6.10. The van der Waals surface area contributed by atoms with E-state index in [1.807, 2.05) is 0 Å².